The van der Waals surface area contributed by atoms with Crippen LogP contribution in [0.5, 0.6) is 0 Å². The van der Waals surface area contributed by atoms with Gasteiger partial charge in [-0.25, -0.2) is 4.98 Å². The molecule has 4 nitrogen and oxygen atoms in total. The molecule has 3 aromatic rings. The normalized spacial score (nSPS) is 11.0. The molecule has 0 fully saturated rings. The van der Waals surface area contributed by atoms with Crippen molar-refractivity contribution in [1.29, 1.82) is 0 Å². The molecule has 0 amide bonds. The van der Waals surface area contributed by atoms with Crippen LogP contribution >= 0.6 is 11.8 Å². The van der Waals surface area contributed by atoms with E-state index in [1.807, 2.05) is 12.1 Å². The van der Waals surface area contributed by atoms with Gasteiger partial charge in [-0.15, -0.1) is 0 Å². The summed E-state index contributed by atoms with van der Waals surface area (Å²) in [6.45, 7) is 0.339. The van der Waals surface area contributed by atoms with Crippen LogP contribution in [0.15, 0.2) is 58.5 Å². The number of ether oxygens (including phenoxy) is 1. The molecular formula is C17H16N2O2S. The molecule has 0 saturated carbocycles. The minimum absolute atomic E-state index is 0.150. The predicted octanol–water partition coefficient (Wildman–Crippen LogP) is 3.36. The second kappa shape index (κ2) is 6.77. The molecule has 0 aliphatic heterocycles. The standard InChI is InChI=1S/C17H16N2O2S/c1-21-10-14-9-16(20)19-17(18-14)22-11-13-7-4-6-12-5-2-3-8-15(12)13/h2-9H,10-11H2,1H3,(H,18,19,20). The van der Waals surface area contributed by atoms with Crippen LogP contribution in [0, 0.1) is 0 Å². The number of nitrogens with one attached hydrogen (secondary N) is 1. The molecule has 2 aromatic carbocycles. The van der Waals surface area contributed by atoms with Crippen molar-refractivity contribution < 1.29 is 4.74 Å². The van der Waals surface area contributed by atoms with Gasteiger partial charge < -0.3 is 9.72 Å². The van der Waals surface area contributed by atoms with Gasteiger partial charge >= 0.3 is 0 Å². The summed E-state index contributed by atoms with van der Waals surface area (Å²) in [6, 6.07) is 16.0. The highest BCUT2D eigenvalue weighted by Crippen LogP contribution is 2.25. The molecule has 0 aliphatic rings. The van der Waals surface area contributed by atoms with Gasteiger partial charge in [0.15, 0.2) is 5.16 Å². The van der Waals surface area contributed by atoms with Gasteiger partial charge in [-0.1, -0.05) is 54.2 Å². The summed E-state index contributed by atoms with van der Waals surface area (Å²) in [4.78, 5) is 18.8. The Hall–Kier alpha value is -2.11. The summed E-state index contributed by atoms with van der Waals surface area (Å²) in [7, 11) is 1.59. The fraction of sp³-hybridized carbons (Fsp3) is 0.176. The number of H-pyrrole nitrogens is 1. The lowest BCUT2D eigenvalue weighted by atomic mass is 10.1. The van der Waals surface area contributed by atoms with Gasteiger partial charge in [-0.2, -0.15) is 0 Å². The Morgan fingerprint density at radius 1 is 1.18 bits per heavy atom. The summed E-state index contributed by atoms with van der Waals surface area (Å²) < 4.78 is 5.03. The van der Waals surface area contributed by atoms with E-state index in [1.54, 1.807) is 7.11 Å². The largest absolute Gasteiger partial charge is 0.378 e. The number of nitrogens with zero attached hydrogens (tertiary/aromatic N) is 1. The van der Waals surface area contributed by atoms with E-state index >= 15 is 0 Å². The Balaban J connectivity index is 1.84. The van der Waals surface area contributed by atoms with Crippen molar-refractivity contribution in [2.24, 2.45) is 0 Å². The summed E-state index contributed by atoms with van der Waals surface area (Å²) in [5.74, 6) is 0.751. The summed E-state index contributed by atoms with van der Waals surface area (Å²) in [6.07, 6.45) is 0. The zero-order chi connectivity index (χ0) is 15.4. The molecule has 1 aromatic heterocycles. The highest BCUT2D eigenvalue weighted by atomic mass is 32.2. The number of benzene rings is 2. The summed E-state index contributed by atoms with van der Waals surface area (Å²) in [5.41, 5.74) is 1.72. The molecule has 3 rings (SSSR count). The van der Waals surface area contributed by atoms with Crippen molar-refractivity contribution in [2.45, 2.75) is 17.5 Å². The molecule has 0 unspecified atom stereocenters. The lowest BCUT2D eigenvalue weighted by Gasteiger charge is -2.07. The van der Waals surface area contributed by atoms with E-state index in [4.69, 9.17) is 4.74 Å². The third kappa shape index (κ3) is 3.37. The van der Waals surface area contributed by atoms with Crippen LogP contribution in [0.4, 0.5) is 0 Å². The molecule has 0 bridgehead atoms. The summed E-state index contributed by atoms with van der Waals surface area (Å²) in [5, 5.41) is 3.07. The number of thioether (sulfide) groups is 1. The first kappa shape index (κ1) is 14.8. The van der Waals surface area contributed by atoms with Crippen molar-refractivity contribution in [3.63, 3.8) is 0 Å². The van der Waals surface area contributed by atoms with E-state index in [9.17, 15) is 4.79 Å². The highest BCUT2D eigenvalue weighted by Gasteiger charge is 2.05. The van der Waals surface area contributed by atoms with Gasteiger partial charge in [0.2, 0.25) is 0 Å². The number of hydrogen-bond acceptors (Lipinski definition) is 4. The van der Waals surface area contributed by atoms with Crippen LogP contribution in [0.2, 0.25) is 0 Å². The van der Waals surface area contributed by atoms with Crippen LogP contribution in [0.3, 0.4) is 0 Å². The molecule has 1 N–H and O–H groups in total. The number of methoxy groups -OCH3 is 1. The lowest BCUT2D eigenvalue weighted by Crippen LogP contribution is -2.10. The maximum absolute atomic E-state index is 11.6. The molecule has 0 radical (unpaired) electrons. The quantitative estimate of drug-likeness (QED) is 0.580. The highest BCUT2D eigenvalue weighted by molar-refractivity contribution is 7.98. The Bertz CT molecular complexity index is 840. The van der Waals surface area contributed by atoms with E-state index < -0.39 is 0 Å². The molecule has 0 atom stereocenters. The molecule has 22 heavy (non-hydrogen) atoms. The van der Waals surface area contributed by atoms with Crippen molar-refractivity contribution in [2.75, 3.05) is 7.11 Å². The first-order valence-corrected chi connectivity index (χ1v) is 7.93. The number of hydrogen-bond donors (Lipinski definition) is 1. The van der Waals surface area contributed by atoms with Gasteiger partial charge in [-0.3, -0.25) is 4.79 Å². The zero-order valence-electron chi connectivity index (χ0n) is 12.2. The van der Waals surface area contributed by atoms with Gasteiger partial charge in [0.05, 0.1) is 12.3 Å². The molecule has 112 valence electrons. The molecule has 5 heteroatoms. The molecular weight excluding hydrogens is 296 g/mol. The Morgan fingerprint density at radius 2 is 2.00 bits per heavy atom. The minimum atomic E-state index is -0.150. The number of fused-ring (bicyclic) bond motifs is 1. The fourth-order valence-corrected chi connectivity index (χ4v) is 3.24. The van der Waals surface area contributed by atoms with E-state index in [0.717, 1.165) is 5.75 Å². The molecule has 0 aliphatic carbocycles. The van der Waals surface area contributed by atoms with Crippen molar-refractivity contribution in [3.05, 3.63) is 70.1 Å². The van der Waals surface area contributed by atoms with Crippen LogP contribution in [-0.2, 0) is 17.1 Å². The average molecular weight is 312 g/mol. The predicted molar refractivity (Wildman–Crippen MR) is 89.1 cm³/mol. The van der Waals surface area contributed by atoms with Gasteiger partial charge in [0, 0.05) is 18.9 Å². The SMILES string of the molecule is COCc1cc(=O)[nH]c(SCc2cccc3ccccc23)n1. The van der Waals surface area contributed by atoms with Crippen LogP contribution in [0.1, 0.15) is 11.3 Å². The Labute approximate surface area is 132 Å². The number of aromatic nitrogens is 2. The third-order valence-electron chi connectivity index (χ3n) is 3.31. The van der Waals surface area contributed by atoms with Gasteiger partial charge in [0.25, 0.3) is 5.56 Å². The van der Waals surface area contributed by atoms with E-state index in [0.29, 0.717) is 17.5 Å². The first-order chi connectivity index (χ1) is 10.8. The number of aromatic amines is 1. The lowest BCUT2D eigenvalue weighted by molar-refractivity contribution is 0.180. The van der Waals surface area contributed by atoms with Crippen molar-refractivity contribution in [3.8, 4) is 0 Å². The fourth-order valence-electron chi connectivity index (χ4n) is 2.34. The average Bonchev–Trinajstić information content (AvgIpc) is 2.53. The third-order valence-corrected chi connectivity index (χ3v) is 4.23. The molecule has 0 saturated heterocycles. The Morgan fingerprint density at radius 3 is 2.86 bits per heavy atom. The van der Waals surface area contributed by atoms with E-state index in [1.165, 1.54) is 34.2 Å². The van der Waals surface area contributed by atoms with E-state index in [-0.39, 0.29) is 5.56 Å². The first-order valence-electron chi connectivity index (χ1n) is 6.95. The molecule has 0 spiro atoms. The smallest absolute Gasteiger partial charge is 0.251 e. The topological polar surface area (TPSA) is 55.0 Å². The minimum Gasteiger partial charge on any atom is -0.378 e. The maximum atomic E-state index is 11.6. The van der Waals surface area contributed by atoms with Crippen LogP contribution in [0.25, 0.3) is 10.8 Å². The number of rotatable bonds is 5. The zero-order valence-corrected chi connectivity index (χ0v) is 13.0. The second-order valence-electron chi connectivity index (χ2n) is 4.90. The van der Waals surface area contributed by atoms with Gasteiger partial charge in [-0.05, 0) is 16.3 Å². The second-order valence-corrected chi connectivity index (χ2v) is 5.87. The van der Waals surface area contributed by atoms with Crippen molar-refractivity contribution in [1.82, 2.24) is 9.97 Å². The van der Waals surface area contributed by atoms with Gasteiger partial charge in [0.1, 0.15) is 0 Å². The van der Waals surface area contributed by atoms with Crippen molar-refractivity contribution >= 4 is 22.5 Å². The summed E-state index contributed by atoms with van der Waals surface area (Å²) >= 11 is 1.52. The van der Waals surface area contributed by atoms with Crippen LogP contribution in [-0.4, -0.2) is 17.1 Å². The maximum Gasteiger partial charge on any atom is 0.251 e. The van der Waals surface area contributed by atoms with Crippen LogP contribution < -0.4 is 5.56 Å². The molecule has 1 heterocycles. The van der Waals surface area contributed by atoms with E-state index in [2.05, 4.69) is 40.3 Å². The monoisotopic (exact) mass is 312 g/mol. The Kier molecular flexibility index (Phi) is 4.56.